The van der Waals surface area contributed by atoms with Gasteiger partial charge in [0.15, 0.2) is 0 Å². The first kappa shape index (κ1) is 26.6. The fourth-order valence-electron chi connectivity index (χ4n) is 4.95. The van der Waals surface area contributed by atoms with E-state index in [4.69, 9.17) is 9.47 Å². The quantitative estimate of drug-likeness (QED) is 0.383. The Morgan fingerprint density at radius 3 is 2.36 bits per heavy atom. The van der Waals surface area contributed by atoms with Crippen molar-refractivity contribution in [3.63, 3.8) is 0 Å². The Bertz CT molecular complexity index is 1390. The molecule has 8 nitrogen and oxygen atoms in total. The molecule has 0 unspecified atom stereocenters. The summed E-state index contributed by atoms with van der Waals surface area (Å²) >= 11 is 0. The minimum Gasteiger partial charge on any atom is -0.481 e. The zero-order valence-electron chi connectivity index (χ0n) is 21.8. The number of halogens is 4. The first-order chi connectivity index (χ1) is 18.4. The molecule has 1 amide bonds. The Morgan fingerprint density at radius 1 is 1.05 bits per heavy atom. The molecule has 1 aromatic carbocycles. The molecular weight excluding hydrogens is 518 g/mol. The Labute approximate surface area is 222 Å². The van der Waals surface area contributed by atoms with Crippen LogP contribution in [0.1, 0.15) is 41.0 Å². The molecule has 2 saturated heterocycles. The molecule has 12 heteroatoms. The van der Waals surface area contributed by atoms with Gasteiger partial charge in [0.25, 0.3) is 0 Å². The average Bonchev–Trinajstić information content (AvgIpc) is 3.13. The summed E-state index contributed by atoms with van der Waals surface area (Å²) in [7, 11) is 1.30. The lowest BCUT2D eigenvalue weighted by Gasteiger charge is -2.34. The number of carbonyl (C=O) groups is 1. The van der Waals surface area contributed by atoms with Gasteiger partial charge in [0.2, 0.25) is 11.8 Å². The van der Waals surface area contributed by atoms with E-state index in [1.165, 1.54) is 18.2 Å². The molecule has 3 aromatic rings. The zero-order chi connectivity index (χ0) is 28.1. The molecule has 2 atom stereocenters. The molecule has 0 bridgehead atoms. The highest BCUT2D eigenvalue weighted by Crippen LogP contribution is 2.39. The van der Waals surface area contributed by atoms with Crippen LogP contribution < -0.4 is 9.64 Å². The highest BCUT2D eigenvalue weighted by atomic mass is 19.4. The number of pyridine rings is 1. The topological polar surface area (TPSA) is 80.7 Å². The molecule has 0 spiro atoms. The van der Waals surface area contributed by atoms with Crippen molar-refractivity contribution in [2.45, 2.75) is 51.8 Å². The Kier molecular flexibility index (Phi) is 6.81. The number of hydrogen-bond acceptors (Lipinski definition) is 7. The highest BCUT2D eigenvalue weighted by molar-refractivity contribution is 5.74. The molecule has 4 heterocycles. The van der Waals surface area contributed by atoms with Crippen molar-refractivity contribution in [3.8, 4) is 17.0 Å². The number of ether oxygens (including phenoxy) is 2. The zero-order valence-corrected chi connectivity index (χ0v) is 21.8. The normalized spacial score (nSPS) is 19.7. The second kappa shape index (κ2) is 9.97. The van der Waals surface area contributed by atoms with E-state index >= 15 is 0 Å². The van der Waals surface area contributed by atoms with Crippen LogP contribution in [-0.4, -0.2) is 58.4 Å². The van der Waals surface area contributed by atoms with Crippen LogP contribution in [0.2, 0.25) is 0 Å². The van der Waals surface area contributed by atoms with Gasteiger partial charge in [-0.2, -0.15) is 13.2 Å². The summed E-state index contributed by atoms with van der Waals surface area (Å²) in [6, 6.07) is 6.43. The summed E-state index contributed by atoms with van der Waals surface area (Å²) in [5.41, 5.74) is 2.41. The number of nitrogens with zero attached hydrogens (tertiary/aromatic N) is 5. The van der Waals surface area contributed by atoms with Crippen molar-refractivity contribution in [1.82, 2.24) is 19.9 Å². The van der Waals surface area contributed by atoms with E-state index in [0.29, 0.717) is 6.20 Å². The van der Waals surface area contributed by atoms with Crippen molar-refractivity contribution in [1.29, 1.82) is 0 Å². The fraction of sp³-hybridized carbons (Fsp3) is 0.407. The summed E-state index contributed by atoms with van der Waals surface area (Å²) in [5.74, 6) is 0.158. The van der Waals surface area contributed by atoms with E-state index in [9.17, 15) is 22.4 Å². The van der Waals surface area contributed by atoms with E-state index in [1.807, 2.05) is 39.0 Å². The van der Waals surface area contributed by atoms with Gasteiger partial charge in [0, 0.05) is 23.5 Å². The SMILES string of the molecule is COc1ncc(C(F)(F)F)cc1-c1cnc(N2CC(F)C2)nc1CN1C(=O)O[C@H](c2cc(C)cc(C)c2)[C@@H]1C. The van der Waals surface area contributed by atoms with Crippen molar-refractivity contribution >= 4 is 12.0 Å². The number of aryl methyl sites for hydroxylation is 2. The number of carbonyl (C=O) groups excluding carboxylic acids is 1. The monoisotopic (exact) mass is 545 g/mol. The molecule has 0 saturated carbocycles. The largest absolute Gasteiger partial charge is 0.481 e. The maximum Gasteiger partial charge on any atom is 0.417 e. The Hall–Kier alpha value is -3.96. The van der Waals surface area contributed by atoms with Gasteiger partial charge < -0.3 is 14.4 Å². The van der Waals surface area contributed by atoms with Crippen molar-refractivity contribution < 1.29 is 31.8 Å². The van der Waals surface area contributed by atoms with Crippen molar-refractivity contribution in [3.05, 3.63) is 64.6 Å². The first-order valence-corrected chi connectivity index (χ1v) is 12.4. The third kappa shape index (κ3) is 5.19. The minimum absolute atomic E-state index is 0.0203. The summed E-state index contributed by atoms with van der Waals surface area (Å²) in [6.07, 6.45) is -4.75. The Morgan fingerprint density at radius 2 is 1.74 bits per heavy atom. The van der Waals surface area contributed by atoms with Crippen LogP contribution in [-0.2, 0) is 17.5 Å². The molecule has 2 aromatic heterocycles. The third-order valence-corrected chi connectivity index (χ3v) is 6.92. The van der Waals surface area contributed by atoms with Crippen LogP contribution in [0.25, 0.3) is 11.1 Å². The van der Waals surface area contributed by atoms with Gasteiger partial charge in [-0.05, 0) is 32.4 Å². The maximum atomic E-state index is 13.5. The number of rotatable bonds is 6. The summed E-state index contributed by atoms with van der Waals surface area (Å²) in [4.78, 5) is 28.8. The predicted octanol–water partition coefficient (Wildman–Crippen LogP) is 5.42. The highest BCUT2D eigenvalue weighted by Gasteiger charge is 2.41. The standard InChI is InChI=1S/C27H27F4N5O3/c1-14-5-15(2)7-17(6-14)23-16(3)36(26(37)39-23)13-22-21(10-33-25(34-22)35-11-19(28)12-35)20-8-18(27(29,30)31)9-32-24(20)38-4/h5-10,16,19,23H,11-13H2,1-4H3/t16-,23-/m0/s1. The van der Waals surface area contributed by atoms with Gasteiger partial charge >= 0.3 is 12.3 Å². The molecule has 2 fully saturated rings. The number of hydrogen-bond donors (Lipinski definition) is 0. The molecule has 0 N–H and O–H groups in total. The molecule has 2 aliphatic rings. The first-order valence-electron chi connectivity index (χ1n) is 12.4. The molecule has 2 aliphatic heterocycles. The van der Waals surface area contributed by atoms with Gasteiger partial charge in [-0.3, -0.25) is 4.90 Å². The van der Waals surface area contributed by atoms with Gasteiger partial charge in [0.1, 0.15) is 12.3 Å². The number of amides is 1. The van der Waals surface area contributed by atoms with E-state index in [2.05, 4.69) is 15.0 Å². The molecule has 206 valence electrons. The molecule has 0 radical (unpaired) electrons. The second-order valence-electron chi connectivity index (χ2n) is 9.91. The molecule has 5 rings (SSSR count). The van der Waals surface area contributed by atoms with Crippen LogP contribution in [0.3, 0.4) is 0 Å². The lowest BCUT2D eigenvalue weighted by atomic mass is 9.98. The summed E-state index contributed by atoms with van der Waals surface area (Å²) in [5, 5.41) is 0. The van der Waals surface area contributed by atoms with E-state index in [0.717, 1.165) is 22.8 Å². The lowest BCUT2D eigenvalue weighted by Crippen LogP contribution is -2.49. The third-order valence-electron chi connectivity index (χ3n) is 6.92. The smallest absolute Gasteiger partial charge is 0.417 e. The number of aromatic nitrogens is 3. The summed E-state index contributed by atoms with van der Waals surface area (Å²) in [6.45, 7) is 5.87. The maximum absolute atomic E-state index is 13.5. The molecule has 39 heavy (non-hydrogen) atoms. The Balaban J connectivity index is 1.55. The molecular formula is C27H27F4N5O3. The van der Waals surface area contributed by atoms with E-state index in [1.54, 1.807) is 4.90 Å². The number of cyclic esters (lactones) is 1. The predicted molar refractivity (Wildman–Crippen MR) is 134 cm³/mol. The number of benzene rings is 1. The number of alkyl halides is 4. The second-order valence-corrected chi connectivity index (χ2v) is 9.91. The molecule has 0 aliphatic carbocycles. The van der Waals surface area contributed by atoms with Crippen molar-refractivity contribution in [2.24, 2.45) is 0 Å². The van der Waals surface area contributed by atoms with Crippen LogP contribution in [0.4, 0.5) is 28.3 Å². The van der Waals surface area contributed by atoms with Crippen LogP contribution in [0, 0.1) is 13.8 Å². The number of anilines is 1. The van der Waals surface area contributed by atoms with Crippen LogP contribution in [0.15, 0.2) is 36.7 Å². The van der Waals surface area contributed by atoms with Crippen LogP contribution >= 0.6 is 0 Å². The van der Waals surface area contributed by atoms with Crippen molar-refractivity contribution in [2.75, 3.05) is 25.1 Å². The lowest BCUT2D eigenvalue weighted by molar-refractivity contribution is -0.137. The van der Waals surface area contributed by atoms with E-state index < -0.39 is 36.2 Å². The van der Waals surface area contributed by atoms with Gasteiger partial charge in [-0.15, -0.1) is 0 Å². The van der Waals surface area contributed by atoms with Gasteiger partial charge in [-0.25, -0.2) is 24.1 Å². The van der Waals surface area contributed by atoms with Gasteiger partial charge in [-0.1, -0.05) is 29.3 Å². The van der Waals surface area contributed by atoms with Crippen LogP contribution in [0.5, 0.6) is 5.88 Å². The van der Waals surface area contributed by atoms with E-state index in [-0.39, 0.29) is 48.3 Å². The summed E-state index contributed by atoms with van der Waals surface area (Å²) < 4.78 is 65.2. The number of methoxy groups -OCH3 is 1. The average molecular weight is 546 g/mol. The minimum atomic E-state index is -4.64. The van der Waals surface area contributed by atoms with Gasteiger partial charge in [0.05, 0.1) is 44.0 Å². The fourth-order valence-corrected chi connectivity index (χ4v) is 4.95.